The van der Waals surface area contributed by atoms with Gasteiger partial charge in [0.05, 0.1) is 29.7 Å². The number of piperidine rings is 1. The first-order chi connectivity index (χ1) is 17.6. The molecule has 36 heavy (non-hydrogen) atoms. The van der Waals surface area contributed by atoms with Gasteiger partial charge in [0.15, 0.2) is 0 Å². The average Bonchev–Trinajstić information content (AvgIpc) is 3.23. The van der Waals surface area contributed by atoms with Crippen molar-refractivity contribution in [3.05, 3.63) is 43.0 Å². The third-order valence-corrected chi connectivity index (χ3v) is 7.93. The second-order valence-electron chi connectivity index (χ2n) is 10.4. The van der Waals surface area contributed by atoms with Crippen molar-refractivity contribution >= 4 is 39.4 Å². The third-order valence-electron chi connectivity index (χ3n) is 7.93. The molecule has 5 heterocycles. The first-order valence-electron chi connectivity index (χ1n) is 13.0. The topological polar surface area (TPSA) is 95.2 Å². The van der Waals surface area contributed by atoms with Crippen LogP contribution in [-0.2, 0) is 0 Å². The first-order valence-corrected chi connectivity index (χ1v) is 13.0. The summed E-state index contributed by atoms with van der Waals surface area (Å²) in [5, 5.41) is 15.5. The van der Waals surface area contributed by atoms with Gasteiger partial charge >= 0.3 is 0 Å². The molecule has 2 fully saturated rings. The second-order valence-corrected chi connectivity index (χ2v) is 10.4. The smallest absolute Gasteiger partial charge is 0.230 e. The molecule has 9 heteroatoms. The molecule has 0 bridgehead atoms. The van der Waals surface area contributed by atoms with E-state index in [0.29, 0.717) is 12.0 Å². The van der Waals surface area contributed by atoms with Crippen molar-refractivity contribution in [1.82, 2.24) is 29.4 Å². The van der Waals surface area contributed by atoms with Crippen molar-refractivity contribution in [3.63, 3.8) is 0 Å². The lowest BCUT2D eigenvalue weighted by Gasteiger charge is -2.36. The third kappa shape index (κ3) is 4.37. The van der Waals surface area contributed by atoms with Gasteiger partial charge in [-0.25, -0.2) is 9.97 Å². The largest absolute Gasteiger partial charge is 0.393 e. The predicted molar refractivity (Wildman–Crippen MR) is 143 cm³/mol. The molecule has 0 radical (unpaired) electrons. The number of hydrogen-bond acceptors (Lipinski definition) is 8. The molecular formula is C27H34N8O. The molecule has 188 valence electrons. The fourth-order valence-electron chi connectivity index (χ4n) is 5.81. The average molecular weight is 487 g/mol. The normalized spacial score (nSPS) is 21.5. The van der Waals surface area contributed by atoms with E-state index < -0.39 is 0 Å². The van der Waals surface area contributed by atoms with Gasteiger partial charge < -0.3 is 24.8 Å². The molecule has 2 aliphatic rings. The monoisotopic (exact) mass is 486 g/mol. The maximum absolute atomic E-state index is 10.0. The van der Waals surface area contributed by atoms with Crippen LogP contribution in [0.15, 0.2) is 43.0 Å². The quantitative estimate of drug-likeness (QED) is 0.435. The molecule has 1 saturated heterocycles. The van der Waals surface area contributed by atoms with Crippen molar-refractivity contribution in [3.8, 4) is 0 Å². The first kappa shape index (κ1) is 23.1. The number of pyridine rings is 2. The molecule has 9 nitrogen and oxygen atoms in total. The zero-order chi connectivity index (χ0) is 24.6. The van der Waals surface area contributed by atoms with E-state index in [4.69, 9.17) is 4.98 Å². The van der Waals surface area contributed by atoms with Crippen molar-refractivity contribution in [2.75, 3.05) is 37.4 Å². The van der Waals surface area contributed by atoms with Gasteiger partial charge in [0, 0.05) is 48.3 Å². The Morgan fingerprint density at radius 2 is 1.72 bits per heavy atom. The van der Waals surface area contributed by atoms with Crippen molar-refractivity contribution in [2.24, 2.45) is 0 Å². The maximum Gasteiger partial charge on any atom is 0.230 e. The van der Waals surface area contributed by atoms with E-state index in [1.807, 2.05) is 36.9 Å². The van der Waals surface area contributed by atoms with Crippen LogP contribution in [0, 0.1) is 0 Å². The van der Waals surface area contributed by atoms with Crippen LogP contribution in [0.1, 0.15) is 44.6 Å². The maximum atomic E-state index is 10.0. The Balaban J connectivity index is 1.25. The number of nitrogens with one attached hydrogen (secondary N) is 1. The number of aliphatic hydroxyl groups excluding tert-OH is 1. The summed E-state index contributed by atoms with van der Waals surface area (Å²) >= 11 is 0. The number of fused-ring (bicyclic) bond motifs is 3. The zero-order valence-electron chi connectivity index (χ0n) is 21.0. The highest BCUT2D eigenvalue weighted by atomic mass is 16.3. The van der Waals surface area contributed by atoms with E-state index in [0.717, 1.165) is 72.2 Å². The van der Waals surface area contributed by atoms with E-state index in [9.17, 15) is 5.11 Å². The van der Waals surface area contributed by atoms with Crippen LogP contribution in [0.3, 0.4) is 0 Å². The molecule has 4 aromatic rings. The molecule has 0 aromatic carbocycles. The Labute approximate surface area is 211 Å². The van der Waals surface area contributed by atoms with Crippen molar-refractivity contribution < 1.29 is 5.11 Å². The van der Waals surface area contributed by atoms with Crippen LogP contribution in [0.5, 0.6) is 0 Å². The van der Waals surface area contributed by atoms with Crippen LogP contribution < -0.4 is 10.2 Å². The van der Waals surface area contributed by atoms with Gasteiger partial charge in [0.1, 0.15) is 11.5 Å². The molecule has 0 spiro atoms. The highest BCUT2D eigenvalue weighted by molar-refractivity contribution is 6.06. The number of aliphatic hydroxyl groups is 1. The highest BCUT2D eigenvalue weighted by Crippen LogP contribution is 2.37. The number of hydrogen-bond donors (Lipinski definition) is 2. The SMILES string of the molecule is CN(C)C1CCN(c2ccc(Nc3ncc4c5ccncc5n([C@H]5CC[C@H](O)CC5)c4n3)nc2)CC1. The van der Waals surface area contributed by atoms with Crippen LogP contribution >= 0.6 is 0 Å². The molecule has 6 rings (SSSR count). The van der Waals surface area contributed by atoms with E-state index in [-0.39, 0.29) is 12.1 Å². The number of aromatic nitrogens is 5. The minimum absolute atomic E-state index is 0.201. The molecule has 1 aliphatic carbocycles. The minimum Gasteiger partial charge on any atom is -0.393 e. The standard InChI is InChI=1S/C27H34N8O/c1-33(2)18-10-13-34(14-11-18)20-5-8-25(29-15-20)31-27-30-16-23-22-9-12-28-17-24(22)35(26(23)32-27)19-3-6-21(36)7-4-19/h5,8-9,12,15-19,21,36H,3-4,6-7,10-11,13-14H2,1-2H3,(H,29,30,31,32)/t19-,21-. The zero-order valence-corrected chi connectivity index (χ0v) is 21.0. The Morgan fingerprint density at radius 1 is 0.917 bits per heavy atom. The van der Waals surface area contributed by atoms with E-state index in [1.165, 1.54) is 12.8 Å². The summed E-state index contributed by atoms with van der Waals surface area (Å²) in [6, 6.07) is 7.11. The molecule has 2 N–H and O–H groups in total. The van der Waals surface area contributed by atoms with Crippen LogP contribution in [-0.4, -0.2) is 73.8 Å². The summed E-state index contributed by atoms with van der Waals surface area (Å²) < 4.78 is 2.30. The second kappa shape index (κ2) is 9.63. The van der Waals surface area contributed by atoms with Crippen molar-refractivity contribution in [1.29, 1.82) is 0 Å². The summed E-state index contributed by atoms with van der Waals surface area (Å²) in [6.45, 7) is 2.10. The molecular weight excluding hydrogens is 452 g/mol. The van der Waals surface area contributed by atoms with Gasteiger partial charge in [0.25, 0.3) is 0 Å². The van der Waals surface area contributed by atoms with E-state index >= 15 is 0 Å². The number of anilines is 3. The van der Waals surface area contributed by atoms with Crippen LogP contribution in [0.2, 0.25) is 0 Å². The van der Waals surface area contributed by atoms with Gasteiger partial charge in [0.2, 0.25) is 5.95 Å². The summed E-state index contributed by atoms with van der Waals surface area (Å²) in [6.07, 6.45) is 13.2. The molecule has 1 aliphatic heterocycles. The lowest BCUT2D eigenvalue weighted by molar-refractivity contribution is 0.112. The minimum atomic E-state index is -0.201. The van der Waals surface area contributed by atoms with Crippen LogP contribution in [0.4, 0.5) is 17.5 Å². The van der Waals surface area contributed by atoms with Crippen LogP contribution in [0.25, 0.3) is 21.9 Å². The molecule has 0 amide bonds. The lowest BCUT2D eigenvalue weighted by atomic mass is 9.93. The van der Waals surface area contributed by atoms with Gasteiger partial charge in [-0.1, -0.05) is 0 Å². The summed E-state index contributed by atoms with van der Waals surface area (Å²) in [4.78, 5) is 23.3. The summed E-state index contributed by atoms with van der Waals surface area (Å²) in [7, 11) is 4.33. The van der Waals surface area contributed by atoms with E-state index in [1.54, 1.807) is 0 Å². The van der Waals surface area contributed by atoms with Crippen molar-refractivity contribution in [2.45, 2.75) is 56.7 Å². The molecule has 1 saturated carbocycles. The summed E-state index contributed by atoms with van der Waals surface area (Å²) in [5.41, 5.74) is 3.12. The number of nitrogens with zero attached hydrogens (tertiary/aromatic N) is 7. The van der Waals surface area contributed by atoms with Gasteiger partial charge in [-0.05, 0) is 70.8 Å². The Morgan fingerprint density at radius 3 is 2.44 bits per heavy atom. The van der Waals surface area contributed by atoms with Gasteiger partial charge in [-0.15, -0.1) is 0 Å². The van der Waals surface area contributed by atoms with Gasteiger partial charge in [-0.3, -0.25) is 4.98 Å². The lowest BCUT2D eigenvalue weighted by Crippen LogP contribution is -2.42. The van der Waals surface area contributed by atoms with E-state index in [2.05, 4.69) is 54.8 Å². The van der Waals surface area contributed by atoms with Gasteiger partial charge in [-0.2, -0.15) is 4.98 Å². The Bertz CT molecular complexity index is 1340. The Hall–Kier alpha value is -3.30. The number of rotatable bonds is 5. The highest BCUT2D eigenvalue weighted by Gasteiger charge is 2.25. The predicted octanol–water partition coefficient (Wildman–Crippen LogP) is 4.12. The Kier molecular flexibility index (Phi) is 6.18. The molecule has 4 aromatic heterocycles. The summed E-state index contributed by atoms with van der Waals surface area (Å²) in [5.74, 6) is 1.26. The molecule has 0 unspecified atom stereocenters. The fourth-order valence-corrected chi connectivity index (χ4v) is 5.81. The molecule has 0 atom stereocenters. The fraction of sp³-hybridized carbons (Fsp3) is 0.481.